The van der Waals surface area contributed by atoms with Crippen LogP contribution < -0.4 is 10.1 Å². The van der Waals surface area contributed by atoms with Crippen LogP contribution in [-0.2, 0) is 4.74 Å². The van der Waals surface area contributed by atoms with Gasteiger partial charge in [0.2, 0.25) is 5.88 Å². The molecule has 5 heteroatoms. The zero-order valence-corrected chi connectivity index (χ0v) is 10.3. The molecule has 5 nitrogen and oxygen atoms in total. The van der Waals surface area contributed by atoms with Crippen LogP contribution in [0.4, 0.5) is 5.82 Å². The molecule has 1 N–H and O–H groups in total. The van der Waals surface area contributed by atoms with Crippen LogP contribution in [0.15, 0.2) is 12.4 Å². The Morgan fingerprint density at radius 2 is 2.12 bits per heavy atom. The van der Waals surface area contributed by atoms with Crippen molar-refractivity contribution >= 4 is 5.82 Å². The zero-order valence-electron chi connectivity index (χ0n) is 10.3. The third-order valence-corrected chi connectivity index (χ3v) is 2.40. The highest BCUT2D eigenvalue weighted by Gasteiger charge is 2.16. The van der Waals surface area contributed by atoms with Crippen molar-refractivity contribution in [2.45, 2.75) is 25.9 Å². The second-order valence-corrected chi connectivity index (χ2v) is 4.05. The molecule has 0 atom stereocenters. The standard InChI is InChI=1S/C11H19N3O2/c1-11(2,15-4)5-6-16-10-7-9(12-3)13-8-14-10/h7-8H,5-6H2,1-4H3,(H,12,13,14). The minimum Gasteiger partial charge on any atom is -0.477 e. The van der Waals surface area contributed by atoms with Crippen molar-refractivity contribution in [2.75, 3.05) is 26.1 Å². The van der Waals surface area contributed by atoms with Gasteiger partial charge >= 0.3 is 0 Å². The summed E-state index contributed by atoms with van der Waals surface area (Å²) in [5.74, 6) is 1.32. The Bertz CT molecular complexity index is 329. The highest BCUT2D eigenvalue weighted by Crippen LogP contribution is 2.15. The minimum atomic E-state index is -0.168. The second-order valence-electron chi connectivity index (χ2n) is 4.05. The number of ether oxygens (including phenoxy) is 2. The van der Waals surface area contributed by atoms with Crippen molar-refractivity contribution < 1.29 is 9.47 Å². The van der Waals surface area contributed by atoms with Gasteiger partial charge in [0.05, 0.1) is 12.2 Å². The van der Waals surface area contributed by atoms with Crippen molar-refractivity contribution in [3.05, 3.63) is 12.4 Å². The van der Waals surface area contributed by atoms with Gasteiger partial charge < -0.3 is 14.8 Å². The van der Waals surface area contributed by atoms with E-state index in [9.17, 15) is 0 Å². The second kappa shape index (κ2) is 5.65. The first kappa shape index (κ1) is 12.7. The third kappa shape index (κ3) is 4.02. The lowest BCUT2D eigenvalue weighted by molar-refractivity contribution is 0.00508. The summed E-state index contributed by atoms with van der Waals surface area (Å²) in [4.78, 5) is 8.02. The van der Waals surface area contributed by atoms with Crippen LogP contribution in [0.3, 0.4) is 0 Å². The maximum atomic E-state index is 5.52. The van der Waals surface area contributed by atoms with E-state index in [1.165, 1.54) is 6.33 Å². The number of anilines is 1. The van der Waals surface area contributed by atoms with Gasteiger partial charge in [-0.2, -0.15) is 0 Å². The molecule has 0 aliphatic carbocycles. The van der Waals surface area contributed by atoms with Crippen LogP contribution in [0.5, 0.6) is 5.88 Å². The summed E-state index contributed by atoms with van der Waals surface area (Å²) in [6.45, 7) is 4.62. The Morgan fingerprint density at radius 3 is 2.75 bits per heavy atom. The first-order valence-electron chi connectivity index (χ1n) is 5.25. The van der Waals surface area contributed by atoms with Crippen molar-refractivity contribution in [2.24, 2.45) is 0 Å². The largest absolute Gasteiger partial charge is 0.477 e. The summed E-state index contributed by atoms with van der Waals surface area (Å²) in [5.41, 5.74) is -0.168. The molecule has 0 spiro atoms. The molecule has 1 aromatic heterocycles. The first-order chi connectivity index (χ1) is 7.57. The van der Waals surface area contributed by atoms with Gasteiger partial charge in [-0.1, -0.05) is 0 Å². The predicted molar refractivity (Wildman–Crippen MR) is 62.8 cm³/mol. The van der Waals surface area contributed by atoms with Gasteiger partial charge in [0, 0.05) is 26.6 Å². The van der Waals surface area contributed by atoms with E-state index in [0.29, 0.717) is 12.5 Å². The van der Waals surface area contributed by atoms with Gasteiger partial charge in [-0.05, 0) is 13.8 Å². The molecule has 0 saturated heterocycles. The molecule has 0 saturated carbocycles. The van der Waals surface area contributed by atoms with Crippen LogP contribution in [0.25, 0.3) is 0 Å². The molecule has 0 aliphatic heterocycles. The molecular weight excluding hydrogens is 206 g/mol. The maximum absolute atomic E-state index is 5.52. The Hall–Kier alpha value is -1.36. The number of aromatic nitrogens is 2. The van der Waals surface area contributed by atoms with E-state index in [-0.39, 0.29) is 5.60 Å². The van der Waals surface area contributed by atoms with Gasteiger partial charge in [-0.15, -0.1) is 0 Å². The lowest BCUT2D eigenvalue weighted by Gasteiger charge is -2.22. The van der Waals surface area contributed by atoms with Crippen molar-refractivity contribution in [3.8, 4) is 5.88 Å². The van der Waals surface area contributed by atoms with Crippen LogP contribution in [0, 0.1) is 0 Å². The fourth-order valence-corrected chi connectivity index (χ4v) is 1.06. The van der Waals surface area contributed by atoms with Crippen LogP contribution in [0.2, 0.25) is 0 Å². The Labute approximate surface area is 96.2 Å². The molecule has 16 heavy (non-hydrogen) atoms. The quantitative estimate of drug-likeness (QED) is 0.798. The van der Waals surface area contributed by atoms with E-state index >= 15 is 0 Å². The molecule has 1 heterocycles. The van der Waals surface area contributed by atoms with Crippen molar-refractivity contribution in [1.82, 2.24) is 9.97 Å². The lowest BCUT2D eigenvalue weighted by atomic mass is 10.1. The predicted octanol–water partition coefficient (Wildman–Crippen LogP) is 1.71. The number of hydrogen-bond acceptors (Lipinski definition) is 5. The Morgan fingerprint density at radius 1 is 1.38 bits per heavy atom. The fourth-order valence-electron chi connectivity index (χ4n) is 1.06. The van der Waals surface area contributed by atoms with E-state index in [0.717, 1.165) is 12.2 Å². The monoisotopic (exact) mass is 225 g/mol. The topological polar surface area (TPSA) is 56.3 Å². The number of methoxy groups -OCH3 is 1. The van der Waals surface area contributed by atoms with Gasteiger partial charge in [-0.3, -0.25) is 0 Å². The maximum Gasteiger partial charge on any atom is 0.218 e. The SMILES string of the molecule is CNc1cc(OCCC(C)(C)OC)ncn1. The van der Waals surface area contributed by atoms with Gasteiger partial charge in [-0.25, -0.2) is 9.97 Å². The van der Waals surface area contributed by atoms with Gasteiger partial charge in [0.1, 0.15) is 12.1 Å². The van der Waals surface area contributed by atoms with E-state index < -0.39 is 0 Å². The fraction of sp³-hybridized carbons (Fsp3) is 0.636. The summed E-state index contributed by atoms with van der Waals surface area (Å²) in [5, 5.41) is 2.93. The van der Waals surface area contributed by atoms with Crippen LogP contribution in [-0.4, -0.2) is 36.3 Å². The smallest absolute Gasteiger partial charge is 0.218 e. The van der Waals surface area contributed by atoms with Crippen LogP contribution in [0.1, 0.15) is 20.3 Å². The highest BCUT2D eigenvalue weighted by molar-refractivity contribution is 5.35. The van der Waals surface area contributed by atoms with Crippen molar-refractivity contribution in [1.29, 1.82) is 0 Å². The highest BCUT2D eigenvalue weighted by atomic mass is 16.5. The summed E-state index contributed by atoms with van der Waals surface area (Å²) in [7, 11) is 3.50. The third-order valence-electron chi connectivity index (χ3n) is 2.40. The minimum absolute atomic E-state index is 0.168. The van der Waals surface area contributed by atoms with Gasteiger partial charge in [0.25, 0.3) is 0 Å². The molecule has 0 aromatic carbocycles. The molecule has 0 aliphatic rings. The summed E-state index contributed by atoms with van der Waals surface area (Å²) < 4.78 is 10.8. The molecular formula is C11H19N3O2. The summed E-state index contributed by atoms with van der Waals surface area (Å²) in [6, 6.07) is 1.76. The van der Waals surface area contributed by atoms with E-state index in [2.05, 4.69) is 15.3 Å². The molecule has 1 rings (SSSR count). The number of rotatable bonds is 6. The molecule has 0 amide bonds. The molecule has 0 unspecified atom stereocenters. The summed E-state index contributed by atoms with van der Waals surface area (Å²) >= 11 is 0. The van der Waals surface area contributed by atoms with Crippen LogP contribution >= 0.6 is 0 Å². The molecule has 0 fully saturated rings. The summed E-state index contributed by atoms with van der Waals surface area (Å²) in [6.07, 6.45) is 2.28. The van der Waals surface area contributed by atoms with E-state index in [1.807, 2.05) is 13.8 Å². The first-order valence-corrected chi connectivity index (χ1v) is 5.25. The molecule has 90 valence electrons. The Kier molecular flexibility index (Phi) is 4.49. The van der Waals surface area contributed by atoms with Crippen molar-refractivity contribution in [3.63, 3.8) is 0 Å². The van der Waals surface area contributed by atoms with Gasteiger partial charge in [0.15, 0.2) is 0 Å². The molecule has 0 bridgehead atoms. The average Bonchev–Trinajstić information content (AvgIpc) is 2.29. The van der Waals surface area contributed by atoms with E-state index in [1.54, 1.807) is 20.2 Å². The number of hydrogen-bond donors (Lipinski definition) is 1. The van der Waals surface area contributed by atoms with E-state index in [4.69, 9.17) is 9.47 Å². The molecule has 1 aromatic rings. The molecule has 0 radical (unpaired) electrons. The Balaban J connectivity index is 2.42. The number of nitrogens with one attached hydrogen (secondary N) is 1. The average molecular weight is 225 g/mol. The lowest BCUT2D eigenvalue weighted by Crippen LogP contribution is -2.25. The zero-order chi connectivity index (χ0) is 12.0. The number of nitrogens with zero attached hydrogens (tertiary/aromatic N) is 2. The normalized spacial score (nSPS) is 11.2.